The molecule has 0 saturated heterocycles. The Kier molecular flexibility index (Phi) is 5.29. The summed E-state index contributed by atoms with van der Waals surface area (Å²) >= 11 is 11.9. The van der Waals surface area contributed by atoms with Gasteiger partial charge in [-0.3, -0.25) is 4.79 Å². The Morgan fingerprint density at radius 2 is 1.91 bits per heavy atom. The zero-order chi connectivity index (χ0) is 23.3. The number of hydrogen-bond acceptors (Lipinski definition) is 5. The first kappa shape index (κ1) is 21.7. The summed E-state index contributed by atoms with van der Waals surface area (Å²) in [5, 5.41) is 10.1. The van der Waals surface area contributed by atoms with Crippen LogP contribution in [-0.4, -0.2) is 28.7 Å². The van der Waals surface area contributed by atoms with Crippen molar-refractivity contribution in [3.8, 4) is 11.5 Å². The molecule has 172 valence electrons. The van der Waals surface area contributed by atoms with Crippen LogP contribution in [0.4, 0.5) is 24.7 Å². The number of nitrogens with one attached hydrogen (secondary N) is 2. The van der Waals surface area contributed by atoms with Crippen LogP contribution in [0.3, 0.4) is 0 Å². The number of fused-ring (bicyclic) bond motifs is 2. The second-order valence-electron chi connectivity index (χ2n) is 7.54. The minimum absolute atomic E-state index is 0.0605. The topological polar surface area (TPSA) is 77.4 Å². The van der Waals surface area contributed by atoms with Crippen LogP contribution in [0.2, 0.25) is 10.0 Å². The van der Waals surface area contributed by atoms with Crippen LogP contribution < -0.4 is 20.1 Å². The summed E-state index contributed by atoms with van der Waals surface area (Å²) in [5.41, 5.74) is 0.666. The molecule has 3 aromatic rings. The largest absolute Gasteiger partial charge is 0.454 e. The lowest BCUT2D eigenvalue weighted by atomic mass is 9.96. The Hall–Kier alpha value is -3.11. The van der Waals surface area contributed by atoms with Crippen molar-refractivity contribution >= 4 is 40.6 Å². The summed E-state index contributed by atoms with van der Waals surface area (Å²) < 4.78 is 53.1. The van der Waals surface area contributed by atoms with E-state index in [-0.39, 0.29) is 35.4 Å². The van der Waals surface area contributed by atoms with Gasteiger partial charge in [0.15, 0.2) is 23.2 Å². The minimum Gasteiger partial charge on any atom is -0.454 e. The molecular weight excluding hydrogens is 484 g/mol. The summed E-state index contributed by atoms with van der Waals surface area (Å²) in [5.74, 6) is 0.366. The number of benzene rings is 2. The number of carbonyl (C=O) groups is 1. The molecule has 2 aromatic carbocycles. The van der Waals surface area contributed by atoms with E-state index < -0.39 is 24.2 Å². The molecule has 12 heteroatoms. The van der Waals surface area contributed by atoms with Crippen LogP contribution in [0.25, 0.3) is 0 Å². The van der Waals surface area contributed by atoms with Crippen molar-refractivity contribution in [3.05, 3.63) is 63.8 Å². The molecule has 0 aliphatic carbocycles. The van der Waals surface area contributed by atoms with Crippen molar-refractivity contribution < 1.29 is 27.4 Å². The van der Waals surface area contributed by atoms with E-state index in [1.165, 1.54) is 24.3 Å². The highest BCUT2D eigenvalue weighted by Crippen LogP contribution is 2.45. The van der Waals surface area contributed by atoms with Crippen LogP contribution in [0, 0.1) is 0 Å². The molecule has 0 saturated carbocycles. The van der Waals surface area contributed by atoms with Crippen LogP contribution in [0.1, 0.15) is 34.6 Å². The van der Waals surface area contributed by atoms with Crippen LogP contribution in [-0.2, 0) is 0 Å². The number of nitrogens with zero attached hydrogens (tertiary/aromatic N) is 2. The number of ether oxygens (including phenoxy) is 2. The fraction of sp³-hybridized carbons (Fsp3) is 0.238. The third-order valence-corrected chi connectivity index (χ3v) is 5.95. The van der Waals surface area contributed by atoms with Crippen LogP contribution >= 0.6 is 23.2 Å². The number of hydrogen-bond donors (Lipinski definition) is 2. The number of amides is 1. The molecule has 1 aromatic heterocycles. The predicted molar refractivity (Wildman–Crippen MR) is 115 cm³/mol. The molecule has 0 bridgehead atoms. The number of alkyl halides is 3. The van der Waals surface area contributed by atoms with Gasteiger partial charge in [0, 0.05) is 17.5 Å². The Labute approximate surface area is 195 Å². The van der Waals surface area contributed by atoms with E-state index in [0.717, 1.165) is 4.68 Å². The highest BCUT2D eigenvalue weighted by molar-refractivity contribution is 6.36. The molecule has 2 atom stereocenters. The van der Waals surface area contributed by atoms with Gasteiger partial charge in [0.25, 0.3) is 5.91 Å². The predicted octanol–water partition coefficient (Wildman–Crippen LogP) is 5.83. The SMILES string of the molecule is O=C(Nc1ccc(Cl)cc1Cl)c1cc2n(n1)[C@@H](C(F)(F)F)C[C@H](c1ccc3c(c1)OCO3)N2. The van der Waals surface area contributed by atoms with Crippen LogP contribution in [0.15, 0.2) is 42.5 Å². The molecule has 1 amide bonds. The summed E-state index contributed by atoms with van der Waals surface area (Å²) in [6.07, 6.45) is -4.90. The second-order valence-corrected chi connectivity index (χ2v) is 8.38. The maximum absolute atomic E-state index is 13.9. The molecule has 2 N–H and O–H groups in total. The molecule has 0 spiro atoms. The van der Waals surface area contributed by atoms with Crippen molar-refractivity contribution in [1.29, 1.82) is 0 Å². The van der Waals surface area contributed by atoms with Gasteiger partial charge in [-0.2, -0.15) is 18.3 Å². The van der Waals surface area contributed by atoms with E-state index >= 15 is 0 Å². The van der Waals surface area contributed by atoms with Gasteiger partial charge in [-0.05, 0) is 35.9 Å². The molecule has 0 fully saturated rings. The molecule has 0 unspecified atom stereocenters. The smallest absolute Gasteiger partial charge is 0.410 e. The molecular formula is C21H15Cl2F3N4O3. The molecule has 3 heterocycles. The van der Waals surface area contributed by atoms with Crippen molar-refractivity contribution in [2.24, 2.45) is 0 Å². The van der Waals surface area contributed by atoms with E-state index in [0.29, 0.717) is 22.1 Å². The Balaban J connectivity index is 1.45. The van der Waals surface area contributed by atoms with Gasteiger partial charge in [-0.25, -0.2) is 4.68 Å². The van der Waals surface area contributed by atoms with Gasteiger partial charge < -0.3 is 20.1 Å². The zero-order valence-electron chi connectivity index (χ0n) is 16.6. The monoisotopic (exact) mass is 498 g/mol. The Morgan fingerprint density at radius 1 is 1.12 bits per heavy atom. The number of aromatic nitrogens is 2. The molecule has 33 heavy (non-hydrogen) atoms. The van der Waals surface area contributed by atoms with Gasteiger partial charge in [-0.15, -0.1) is 0 Å². The van der Waals surface area contributed by atoms with E-state index in [2.05, 4.69) is 15.7 Å². The molecule has 5 rings (SSSR count). The summed E-state index contributed by atoms with van der Waals surface area (Å²) in [6.45, 7) is 0.0605. The van der Waals surface area contributed by atoms with Crippen molar-refractivity contribution in [3.63, 3.8) is 0 Å². The highest BCUT2D eigenvalue weighted by atomic mass is 35.5. The van der Waals surface area contributed by atoms with E-state index in [1.54, 1.807) is 18.2 Å². The lowest BCUT2D eigenvalue weighted by molar-refractivity contribution is -0.173. The maximum Gasteiger partial charge on any atom is 0.410 e. The Morgan fingerprint density at radius 3 is 2.67 bits per heavy atom. The minimum atomic E-state index is -4.58. The summed E-state index contributed by atoms with van der Waals surface area (Å²) in [6, 6.07) is 8.11. The fourth-order valence-corrected chi connectivity index (χ4v) is 4.27. The summed E-state index contributed by atoms with van der Waals surface area (Å²) in [4.78, 5) is 12.7. The number of carbonyl (C=O) groups excluding carboxylic acids is 1. The highest BCUT2D eigenvalue weighted by Gasteiger charge is 2.47. The van der Waals surface area contributed by atoms with Crippen molar-refractivity contribution in [2.75, 3.05) is 17.4 Å². The lowest BCUT2D eigenvalue weighted by Gasteiger charge is -2.33. The lowest BCUT2D eigenvalue weighted by Crippen LogP contribution is -2.35. The first-order valence-electron chi connectivity index (χ1n) is 9.78. The zero-order valence-corrected chi connectivity index (χ0v) is 18.1. The summed E-state index contributed by atoms with van der Waals surface area (Å²) in [7, 11) is 0. The number of halogens is 5. The normalized spacial score (nSPS) is 19.1. The number of rotatable bonds is 3. The van der Waals surface area contributed by atoms with E-state index in [4.69, 9.17) is 32.7 Å². The van der Waals surface area contributed by atoms with Crippen LogP contribution in [0.5, 0.6) is 11.5 Å². The average Bonchev–Trinajstić information content (AvgIpc) is 3.40. The first-order chi connectivity index (χ1) is 15.7. The van der Waals surface area contributed by atoms with Gasteiger partial charge >= 0.3 is 6.18 Å². The third-order valence-electron chi connectivity index (χ3n) is 5.40. The fourth-order valence-electron chi connectivity index (χ4n) is 3.81. The number of anilines is 2. The molecule has 2 aliphatic heterocycles. The standard InChI is InChI=1S/C21H15Cl2F3N4O3/c22-11-2-3-13(12(23)6-11)28-20(31)15-8-19-27-14(7-18(21(24,25)26)30(19)29-15)10-1-4-16-17(5-10)33-9-32-16/h1-6,8,14,18,27H,7,9H2,(H,28,31)/t14-,18-/m1/s1. The first-order valence-corrected chi connectivity index (χ1v) is 10.5. The molecule has 7 nitrogen and oxygen atoms in total. The van der Waals surface area contributed by atoms with Gasteiger partial charge in [0.05, 0.1) is 16.8 Å². The quantitative estimate of drug-likeness (QED) is 0.474. The van der Waals surface area contributed by atoms with E-state index in [9.17, 15) is 18.0 Å². The third kappa shape index (κ3) is 4.16. The molecule has 2 aliphatic rings. The second kappa shape index (κ2) is 8.03. The van der Waals surface area contributed by atoms with Crippen molar-refractivity contribution in [1.82, 2.24) is 9.78 Å². The Bertz CT molecular complexity index is 1250. The maximum atomic E-state index is 13.9. The van der Waals surface area contributed by atoms with Gasteiger partial charge in [0.2, 0.25) is 6.79 Å². The average molecular weight is 499 g/mol. The van der Waals surface area contributed by atoms with E-state index in [1.807, 2.05) is 0 Å². The van der Waals surface area contributed by atoms with Gasteiger partial charge in [-0.1, -0.05) is 29.3 Å². The van der Waals surface area contributed by atoms with Gasteiger partial charge in [0.1, 0.15) is 5.82 Å². The molecule has 0 radical (unpaired) electrons. The van der Waals surface area contributed by atoms with Crippen molar-refractivity contribution in [2.45, 2.75) is 24.7 Å².